The maximum atomic E-state index is 13.3. The van der Waals surface area contributed by atoms with Crippen molar-refractivity contribution < 1.29 is 9.53 Å². The first-order valence-electron chi connectivity index (χ1n) is 9.72. The summed E-state index contributed by atoms with van der Waals surface area (Å²) in [6, 6.07) is 28.8. The molecule has 3 aromatic rings. The molecule has 31 heavy (non-hydrogen) atoms. The van der Waals surface area contributed by atoms with Crippen LogP contribution in [0.25, 0.3) is 6.08 Å². The molecule has 1 amide bonds. The minimum Gasteiger partial charge on any atom is -0.478 e. The Morgan fingerprint density at radius 3 is 2.39 bits per heavy atom. The molecule has 0 radical (unpaired) electrons. The molecule has 3 aromatic carbocycles. The van der Waals surface area contributed by atoms with Crippen LogP contribution in [0.1, 0.15) is 11.1 Å². The predicted molar refractivity (Wildman–Crippen MR) is 124 cm³/mol. The zero-order valence-corrected chi connectivity index (χ0v) is 17.5. The Bertz CT molecular complexity index is 1170. The molecule has 0 bridgehead atoms. The minimum absolute atomic E-state index is 0.0534. The third-order valence-electron chi connectivity index (χ3n) is 4.55. The average molecular weight is 426 g/mol. The standard InChI is InChI=1S/C25H19N3O2S/c26-15-16-30-22-14-8-7-11-20(22)17-23-24(29)28(18-19-9-3-1-4-10-19)25(31-23)27-21-12-5-2-6-13-21/h1-14,17H,16,18H2/b23-17+,27-25?. The molecule has 0 spiro atoms. The molecule has 1 heterocycles. The smallest absolute Gasteiger partial charge is 0.267 e. The van der Waals surface area contributed by atoms with Gasteiger partial charge in [-0.3, -0.25) is 9.69 Å². The van der Waals surface area contributed by atoms with Crippen LogP contribution in [-0.2, 0) is 11.3 Å². The highest BCUT2D eigenvalue weighted by Gasteiger charge is 2.33. The molecule has 0 unspecified atom stereocenters. The number of hydrogen-bond acceptors (Lipinski definition) is 5. The van der Waals surface area contributed by atoms with Crippen molar-refractivity contribution in [2.75, 3.05) is 6.61 Å². The van der Waals surface area contributed by atoms with Crippen LogP contribution in [0.4, 0.5) is 5.69 Å². The van der Waals surface area contributed by atoms with Gasteiger partial charge in [0.15, 0.2) is 11.8 Å². The Labute approximate surface area is 185 Å². The van der Waals surface area contributed by atoms with E-state index in [-0.39, 0.29) is 12.5 Å². The number of amidine groups is 1. The number of carbonyl (C=O) groups excluding carboxylic acids is 1. The van der Waals surface area contributed by atoms with E-state index in [9.17, 15) is 4.79 Å². The second-order valence-corrected chi connectivity index (χ2v) is 7.71. The summed E-state index contributed by atoms with van der Waals surface area (Å²) in [4.78, 5) is 20.3. The summed E-state index contributed by atoms with van der Waals surface area (Å²) in [5.41, 5.74) is 2.56. The van der Waals surface area contributed by atoms with E-state index in [1.54, 1.807) is 17.0 Å². The van der Waals surface area contributed by atoms with Gasteiger partial charge in [0.1, 0.15) is 11.8 Å². The van der Waals surface area contributed by atoms with E-state index < -0.39 is 0 Å². The number of thioether (sulfide) groups is 1. The minimum atomic E-state index is -0.112. The maximum Gasteiger partial charge on any atom is 0.267 e. The van der Waals surface area contributed by atoms with Crippen molar-refractivity contribution in [1.82, 2.24) is 4.90 Å². The summed E-state index contributed by atoms with van der Waals surface area (Å²) in [5, 5.41) is 9.45. The average Bonchev–Trinajstić information content (AvgIpc) is 3.08. The van der Waals surface area contributed by atoms with E-state index in [1.165, 1.54) is 11.8 Å². The van der Waals surface area contributed by atoms with Gasteiger partial charge < -0.3 is 4.74 Å². The molecule has 0 aliphatic carbocycles. The number of para-hydroxylation sites is 2. The van der Waals surface area contributed by atoms with Gasteiger partial charge in [-0.05, 0) is 41.6 Å². The Balaban J connectivity index is 1.69. The molecule has 5 nitrogen and oxygen atoms in total. The molecule has 0 aromatic heterocycles. The van der Waals surface area contributed by atoms with Crippen LogP contribution >= 0.6 is 11.8 Å². The molecule has 1 aliphatic rings. The van der Waals surface area contributed by atoms with Crippen LogP contribution in [-0.4, -0.2) is 22.6 Å². The number of carbonyl (C=O) groups is 1. The van der Waals surface area contributed by atoms with Crippen molar-refractivity contribution >= 4 is 34.6 Å². The number of hydrogen-bond donors (Lipinski definition) is 0. The number of amides is 1. The highest BCUT2D eigenvalue weighted by Crippen LogP contribution is 2.36. The van der Waals surface area contributed by atoms with Gasteiger partial charge in [-0.25, -0.2) is 4.99 Å². The first-order chi connectivity index (χ1) is 15.2. The lowest BCUT2D eigenvalue weighted by Gasteiger charge is -2.15. The second kappa shape index (κ2) is 9.79. The molecule has 4 rings (SSSR count). The SMILES string of the molecule is N#CCOc1ccccc1/C=C1/SC(=Nc2ccccc2)N(Cc2ccccc2)C1=O. The fraction of sp³-hybridized carbons (Fsp3) is 0.0800. The Hall–Kier alpha value is -3.82. The van der Waals surface area contributed by atoms with Crippen LogP contribution in [0, 0.1) is 11.3 Å². The highest BCUT2D eigenvalue weighted by atomic mass is 32.2. The second-order valence-electron chi connectivity index (χ2n) is 6.70. The first kappa shape index (κ1) is 20.5. The lowest BCUT2D eigenvalue weighted by Crippen LogP contribution is -2.28. The van der Waals surface area contributed by atoms with Crippen LogP contribution in [0.5, 0.6) is 5.75 Å². The number of ether oxygens (including phenoxy) is 1. The van der Waals surface area contributed by atoms with Gasteiger partial charge in [0, 0.05) is 5.56 Å². The third kappa shape index (κ3) is 5.03. The van der Waals surface area contributed by atoms with Gasteiger partial charge in [0.2, 0.25) is 0 Å². The number of nitriles is 1. The normalized spacial score (nSPS) is 16.0. The molecule has 1 fully saturated rings. The number of nitrogens with zero attached hydrogens (tertiary/aromatic N) is 3. The van der Waals surface area contributed by atoms with Crippen molar-refractivity contribution in [1.29, 1.82) is 5.26 Å². The topological polar surface area (TPSA) is 65.7 Å². The molecule has 0 N–H and O–H groups in total. The lowest BCUT2D eigenvalue weighted by molar-refractivity contribution is -0.122. The van der Waals surface area contributed by atoms with Crippen molar-refractivity contribution in [3.63, 3.8) is 0 Å². The molecular formula is C25H19N3O2S. The van der Waals surface area contributed by atoms with Crippen molar-refractivity contribution in [3.05, 3.63) is 101 Å². The van der Waals surface area contributed by atoms with Gasteiger partial charge in [-0.15, -0.1) is 0 Å². The van der Waals surface area contributed by atoms with E-state index in [4.69, 9.17) is 15.0 Å². The van der Waals surface area contributed by atoms with Gasteiger partial charge >= 0.3 is 0 Å². The fourth-order valence-electron chi connectivity index (χ4n) is 3.09. The quantitative estimate of drug-likeness (QED) is 0.497. The lowest BCUT2D eigenvalue weighted by atomic mass is 10.1. The molecule has 1 saturated heterocycles. The van der Waals surface area contributed by atoms with Crippen molar-refractivity contribution in [2.24, 2.45) is 4.99 Å². The third-order valence-corrected chi connectivity index (χ3v) is 5.56. The maximum absolute atomic E-state index is 13.3. The largest absolute Gasteiger partial charge is 0.478 e. The van der Waals surface area contributed by atoms with Crippen molar-refractivity contribution in [3.8, 4) is 11.8 Å². The van der Waals surface area contributed by atoms with Crippen molar-refractivity contribution in [2.45, 2.75) is 6.54 Å². The van der Waals surface area contributed by atoms with Crippen LogP contribution in [0.15, 0.2) is 94.8 Å². The summed E-state index contributed by atoms with van der Waals surface area (Å²) in [6.45, 7) is 0.379. The van der Waals surface area contributed by atoms with E-state index >= 15 is 0 Å². The van der Waals surface area contributed by atoms with Crippen LogP contribution < -0.4 is 4.74 Å². The Kier molecular flexibility index (Phi) is 6.46. The summed E-state index contributed by atoms with van der Waals surface area (Å²) in [7, 11) is 0. The van der Waals surface area contributed by atoms with E-state index in [0.29, 0.717) is 22.4 Å². The Morgan fingerprint density at radius 2 is 1.65 bits per heavy atom. The zero-order chi connectivity index (χ0) is 21.5. The van der Waals surface area contributed by atoms with Crippen LogP contribution in [0.2, 0.25) is 0 Å². The number of benzene rings is 3. The molecular weight excluding hydrogens is 406 g/mol. The molecule has 1 aliphatic heterocycles. The predicted octanol–water partition coefficient (Wildman–Crippen LogP) is 5.39. The van der Waals surface area contributed by atoms with Gasteiger partial charge in [0.25, 0.3) is 5.91 Å². The Morgan fingerprint density at radius 1 is 0.968 bits per heavy atom. The van der Waals surface area contributed by atoms with Gasteiger partial charge in [-0.2, -0.15) is 5.26 Å². The summed E-state index contributed by atoms with van der Waals surface area (Å²) >= 11 is 1.34. The summed E-state index contributed by atoms with van der Waals surface area (Å²) in [6.07, 6.45) is 1.80. The molecule has 152 valence electrons. The van der Waals surface area contributed by atoms with E-state index in [2.05, 4.69) is 0 Å². The number of rotatable bonds is 6. The molecule has 0 saturated carbocycles. The highest BCUT2D eigenvalue weighted by molar-refractivity contribution is 8.18. The zero-order valence-electron chi connectivity index (χ0n) is 16.6. The van der Waals surface area contributed by atoms with E-state index in [1.807, 2.05) is 84.9 Å². The number of aliphatic imine (C=N–C) groups is 1. The van der Waals surface area contributed by atoms with Gasteiger partial charge in [0.05, 0.1) is 17.1 Å². The first-order valence-corrected chi connectivity index (χ1v) is 10.5. The molecule has 6 heteroatoms. The molecule has 0 atom stereocenters. The monoisotopic (exact) mass is 425 g/mol. The fourth-order valence-corrected chi connectivity index (χ4v) is 4.08. The summed E-state index contributed by atoms with van der Waals surface area (Å²) in [5.74, 6) is 0.451. The van der Waals surface area contributed by atoms with Gasteiger partial charge in [-0.1, -0.05) is 66.7 Å². The summed E-state index contributed by atoms with van der Waals surface area (Å²) < 4.78 is 5.51. The van der Waals surface area contributed by atoms with E-state index in [0.717, 1.165) is 16.8 Å². The van der Waals surface area contributed by atoms with Crippen LogP contribution in [0.3, 0.4) is 0 Å².